The van der Waals surface area contributed by atoms with Crippen molar-refractivity contribution in [1.82, 2.24) is 25.7 Å². The van der Waals surface area contributed by atoms with Gasteiger partial charge in [-0.3, -0.25) is 14.5 Å². The molecular formula is C28H37N5O7S4. The van der Waals surface area contributed by atoms with E-state index >= 15 is 0 Å². The highest BCUT2D eigenvalue weighted by Gasteiger charge is 2.66. The number of alkyl carbamates (subject to hydrolysis) is 1. The summed E-state index contributed by atoms with van der Waals surface area (Å²) in [6.07, 6.45) is -0.521. The van der Waals surface area contributed by atoms with E-state index in [0.29, 0.717) is 11.5 Å². The van der Waals surface area contributed by atoms with E-state index in [1.165, 1.54) is 58.2 Å². The fraction of sp³-hybridized carbons (Fsp3) is 0.571. The van der Waals surface area contributed by atoms with Crippen LogP contribution in [0.3, 0.4) is 0 Å². The predicted molar refractivity (Wildman–Crippen MR) is 170 cm³/mol. The van der Waals surface area contributed by atoms with Gasteiger partial charge in [-0.25, -0.2) is 9.59 Å². The second kappa shape index (κ2) is 13.4. The minimum atomic E-state index is -1.64. The number of methoxy groups -OCH3 is 1. The van der Waals surface area contributed by atoms with Gasteiger partial charge in [0.1, 0.15) is 27.3 Å². The van der Waals surface area contributed by atoms with Crippen molar-refractivity contribution in [3.8, 4) is 0 Å². The number of fused-ring (bicyclic) bond motifs is 1. The molecule has 0 bridgehead atoms. The Kier molecular flexibility index (Phi) is 10.4. The van der Waals surface area contributed by atoms with Crippen LogP contribution in [0.4, 0.5) is 4.79 Å². The molecule has 0 aromatic carbocycles. The maximum Gasteiger partial charge on any atom is 0.407 e. The van der Waals surface area contributed by atoms with Crippen LogP contribution >= 0.6 is 46.2 Å². The third kappa shape index (κ3) is 8.13. The van der Waals surface area contributed by atoms with Crippen molar-refractivity contribution >= 4 is 70.1 Å². The summed E-state index contributed by atoms with van der Waals surface area (Å²) in [5.41, 5.74) is -2.12. The second-order valence-corrected chi connectivity index (χ2v) is 16.8. The van der Waals surface area contributed by atoms with Crippen LogP contribution in [0.2, 0.25) is 0 Å². The molecule has 16 heteroatoms. The molecule has 2 aliphatic heterocycles. The van der Waals surface area contributed by atoms with Crippen molar-refractivity contribution in [3.63, 3.8) is 0 Å². The van der Waals surface area contributed by atoms with Gasteiger partial charge in [0, 0.05) is 28.4 Å². The van der Waals surface area contributed by atoms with Crippen LogP contribution < -0.4 is 10.6 Å². The quantitative estimate of drug-likeness (QED) is 0.160. The van der Waals surface area contributed by atoms with Gasteiger partial charge in [-0.2, -0.15) is 0 Å². The Bertz CT molecular complexity index is 1460. The third-order valence-electron chi connectivity index (χ3n) is 6.08. The topological polar surface area (TPSA) is 149 Å². The lowest BCUT2D eigenvalue weighted by Gasteiger charge is -2.56. The number of carbonyl (C=O) groups excluding carboxylic acids is 4. The van der Waals surface area contributed by atoms with E-state index in [0.717, 1.165) is 24.7 Å². The average Bonchev–Trinajstić information content (AvgIpc) is 3.54. The number of esters is 1. The van der Waals surface area contributed by atoms with E-state index in [2.05, 4.69) is 20.8 Å². The van der Waals surface area contributed by atoms with E-state index in [9.17, 15) is 19.2 Å². The van der Waals surface area contributed by atoms with E-state index < -0.39 is 46.2 Å². The van der Waals surface area contributed by atoms with Gasteiger partial charge in [-0.05, 0) is 66.2 Å². The van der Waals surface area contributed by atoms with Crippen molar-refractivity contribution in [1.29, 1.82) is 0 Å². The van der Waals surface area contributed by atoms with Crippen molar-refractivity contribution in [2.45, 2.75) is 88.1 Å². The molecule has 0 aliphatic carbocycles. The first kappa shape index (κ1) is 34.2. The number of aromatic nitrogens is 2. The number of aryl methyl sites for hydroxylation is 1. The molecule has 1 saturated heterocycles. The summed E-state index contributed by atoms with van der Waals surface area (Å²) in [6, 6.07) is 3.62. The normalized spacial score (nSPS) is 20.1. The molecule has 0 radical (unpaired) electrons. The van der Waals surface area contributed by atoms with E-state index in [1.807, 2.05) is 13.0 Å². The van der Waals surface area contributed by atoms with E-state index in [4.69, 9.17) is 14.2 Å². The monoisotopic (exact) mass is 683 g/mol. The number of nitrogens with one attached hydrogen (secondary N) is 2. The largest absolute Gasteiger partial charge is 0.455 e. The molecule has 2 atom stereocenters. The zero-order valence-corrected chi connectivity index (χ0v) is 29.2. The average molecular weight is 684 g/mol. The van der Waals surface area contributed by atoms with E-state index in [-0.39, 0.29) is 18.7 Å². The van der Waals surface area contributed by atoms with Gasteiger partial charge in [-0.15, -0.1) is 33.3 Å². The molecule has 2 aromatic rings. The summed E-state index contributed by atoms with van der Waals surface area (Å²) < 4.78 is 17.4. The van der Waals surface area contributed by atoms with Gasteiger partial charge in [0.25, 0.3) is 11.6 Å². The molecular weight excluding hydrogens is 647 g/mol. The maximum absolute atomic E-state index is 13.7. The summed E-state index contributed by atoms with van der Waals surface area (Å²) in [7, 11) is 1.36. The second-order valence-electron chi connectivity index (χ2n) is 12.1. The minimum absolute atomic E-state index is 0.00476. The first-order chi connectivity index (χ1) is 20.5. The summed E-state index contributed by atoms with van der Waals surface area (Å²) in [5, 5.41) is 13.8. The number of β-lactam (4-membered cyclic amide) rings is 1. The molecule has 0 unspecified atom stereocenters. The minimum Gasteiger partial charge on any atom is -0.455 e. The fourth-order valence-electron chi connectivity index (χ4n) is 4.35. The van der Waals surface area contributed by atoms with Crippen LogP contribution in [0, 0.1) is 6.92 Å². The molecule has 4 rings (SSSR count). The molecule has 2 aromatic heterocycles. The van der Waals surface area contributed by atoms with Crippen LogP contribution in [-0.4, -0.2) is 79.9 Å². The Morgan fingerprint density at radius 1 is 1.07 bits per heavy atom. The Morgan fingerprint density at radius 3 is 2.36 bits per heavy atom. The first-order valence-corrected chi connectivity index (χ1v) is 17.4. The number of hydrogen-bond acceptors (Lipinski definition) is 13. The van der Waals surface area contributed by atoms with Gasteiger partial charge in [0.15, 0.2) is 4.34 Å². The Morgan fingerprint density at radius 2 is 1.75 bits per heavy atom. The molecule has 2 aliphatic rings. The number of nitrogens with zero attached hydrogens (tertiary/aromatic N) is 3. The predicted octanol–water partition coefficient (Wildman–Crippen LogP) is 4.24. The van der Waals surface area contributed by atoms with Crippen LogP contribution in [0.15, 0.2) is 27.7 Å². The van der Waals surface area contributed by atoms with Gasteiger partial charge in [-0.1, -0.05) is 23.1 Å². The number of ether oxygens (including phenoxy) is 3. The third-order valence-corrected chi connectivity index (χ3v) is 10.6. The number of amides is 3. The van der Waals surface area contributed by atoms with Crippen molar-refractivity contribution in [2.75, 3.05) is 18.6 Å². The molecule has 0 saturated carbocycles. The zero-order chi connectivity index (χ0) is 32.4. The zero-order valence-electron chi connectivity index (χ0n) is 25.9. The molecule has 1 fully saturated rings. The maximum atomic E-state index is 13.7. The lowest BCUT2D eigenvalue weighted by Crippen LogP contribution is -2.80. The van der Waals surface area contributed by atoms with Crippen LogP contribution in [-0.2, 0) is 41.6 Å². The molecule has 3 amide bonds. The molecule has 240 valence electrons. The number of thioether (sulfide) groups is 2. The van der Waals surface area contributed by atoms with Crippen LogP contribution in [0.25, 0.3) is 0 Å². The fourth-order valence-corrected chi connectivity index (χ4v) is 8.70. The Labute approximate surface area is 273 Å². The standard InChI is InChI=1S/C28H37N5O7S4/c1-15-31-32-25(43-15)42-14-16-13-41-23-28(38-8,22(36)33(23)20(16)21(35)39-26(2,3)4)30-19(34)11-17-9-10-18(44-17)12-29-24(37)40-27(5,6)7/h9-10,23H,11-14H2,1-8H3,(H,29,37)(H,30,34)/t23-,28+/m1/s1. The van der Waals surface area contributed by atoms with Crippen LogP contribution in [0.1, 0.15) is 56.3 Å². The smallest absolute Gasteiger partial charge is 0.407 e. The van der Waals surface area contributed by atoms with E-state index in [1.54, 1.807) is 47.6 Å². The molecule has 44 heavy (non-hydrogen) atoms. The molecule has 12 nitrogen and oxygen atoms in total. The Hall–Kier alpha value is -2.66. The highest BCUT2D eigenvalue weighted by atomic mass is 32.2. The van der Waals surface area contributed by atoms with Crippen molar-refractivity contribution < 1.29 is 33.4 Å². The lowest BCUT2D eigenvalue weighted by molar-refractivity contribution is -0.193. The summed E-state index contributed by atoms with van der Waals surface area (Å²) in [4.78, 5) is 55.3. The van der Waals surface area contributed by atoms with Gasteiger partial charge in [0.05, 0.1) is 13.0 Å². The van der Waals surface area contributed by atoms with Gasteiger partial charge < -0.3 is 24.8 Å². The summed E-state index contributed by atoms with van der Waals surface area (Å²) >= 11 is 5.67. The highest BCUT2D eigenvalue weighted by molar-refractivity contribution is 8.01. The van der Waals surface area contributed by atoms with Gasteiger partial charge >= 0.3 is 12.1 Å². The van der Waals surface area contributed by atoms with Crippen molar-refractivity contribution in [2.24, 2.45) is 0 Å². The number of hydrogen-bond donors (Lipinski definition) is 2. The number of rotatable bonds is 10. The molecule has 2 N–H and O–H groups in total. The SMILES string of the molecule is CO[C@@]1(NC(=O)Cc2ccc(CNC(=O)OC(C)(C)C)s2)C(=O)N2C(C(=O)OC(C)(C)C)=C(CSc3nnc(C)s3)CS[C@@H]21. The summed E-state index contributed by atoms with van der Waals surface area (Å²) in [5.74, 6) is -0.725. The van der Waals surface area contributed by atoms with Crippen molar-refractivity contribution in [3.05, 3.63) is 38.2 Å². The summed E-state index contributed by atoms with van der Waals surface area (Å²) in [6.45, 7) is 12.8. The lowest BCUT2D eigenvalue weighted by atomic mass is 9.98. The first-order valence-electron chi connectivity index (χ1n) is 13.8. The van der Waals surface area contributed by atoms with Crippen LogP contribution in [0.5, 0.6) is 0 Å². The highest BCUT2D eigenvalue weighted by Crippen LogP contribution is 2.48. The number of carbonyl (C=O) groups is 4. The number of thiophene rings is 1. The molecule has 4 heterocycles. The van der Waals surface area contributed by atoms with Gasteiger partial charge in [0.2, 0.25) is 5.91 Å². The molecule has 0 spiro atoms. The Balaban J connectivity index is 1.45.